The van der Waals surface area contributed by atoms with Gasteiger partial charge in [-0.05, 0) is 36.8 Å². The summed E-state index contributed by atoms with van der Waals surface area (Å²) in [6.45, 7) is 4.10. The molecule has 0 aromatic heterocycles. The van der Waals surface area contributed by atoms with Crippen LogP contribution >= 0.6 is 0 Å². The molecular weight excluding hydrogens is 370 g/mol. The zero-order valence-corrected chi connectivity index (χ0v) is 17.1. The van der Waals surface area contributed by atoms with Crippen molar-refractivity contribution in [3.8, 4) is 11.5 Å². The molecule has 7 nitrogen and oxygen atoms in total. The Morgan fingerprint density at radius 1 is 1.07 bits per heavy atom. The Bertz CT molecular complexity index is 867. The summed E-state index contributed by atoms with van der Waals surface area (Å²) in [7, 11) is 3.58. The Balaban J connectivity index is 1.51. The molecule has 0 bridgehead atoms. The molecule has 2 aromatic carbocycles. The largest absolute Gasteiger partial charge is 0.486 e. The van der Waals surface area contributed by atoms with Crippen molar-refractivity contribution >= 4 is 11.8 Å². The smallest absolute Gasteiger partial charge is 0.275 e. The molecule has 3 rings (SSSR count). The summed E-state index contributed by atoms with van der Waals surface area (Å²) in [5.74, 6) is 1.33. The van der Waals surface area contributed by atoms with Crippen LogP contribution in [0.25, 0.3) is 0 Å². The highest BCUT2D eigenvalue weighted by Gasteiger charge is 2.17. The molecule has 3 N–H and O–H groups in total. The first-order valence-corrected chi connectivity index (χ1v) is 9.77. The van der Waals surface area contributed by atoms with Crippen LogP contribution in [0.2, 0.25) is 0 Å². The van der Waals surface area contributed by atoms with Crippen LogP contribution in [0.4, 0.5) is 0 Å². The maximum absolute atomic E-state index is 12.5. The molecule has 7 heteroatoms. The first-order chi connectivity index (χ1) is 14.0. The summed E-state index contributed by atoms with van der Waals surface area (Å²) < 4.78 is 11.2. The van der Waals surface area contributed by atoms with Gasteiger partial charge in [-0.15, -0.1) is 0 Å². The lowest BCUT2D eigenvalue weighted by atomic mass is 10.1. The number of nitrogens with one attached hydrogen (secondary N) is 3. The summed E-state index contributed by atoms with van der Waals surface area (Å²) in [5, 5.41) is 5.65. The topological polar surface area (TPSA) is 81.1 Å². The van der Waals surface area contributed by atoms with Crippen LogP contribution in [0.1, 0.15) is 34.5 Å². The van der Waals surface area contributed by atoms with Gasteiger partial charge in [-0.1, -0.05) is 18.2 Å². The maximum atomic E-state index is 12.5. The van der Waals surface area contributed by atoms with E-state index in [0.29, 0.717) is 31.9 Å². The van der Waals surface area contributed by atoms with Gasteiger partial charge in [-0.2, -0.15) is 0 Å². The molecular formula is C22H28N3O4+. The van der Waals surface area contributed by atoms with Crippen molar-refractivity contribution in [2.45, 2.75) is 19.5 Å². The van der Waals surface area contributed by atoms with E-state index in [9.17, 15) is 9.59 Å². The van der Waals surface area contributed by atoms with Gasteiger partial charge in [-0.3, -0.25) is 9.59 Å². The fraction of sp³-hybridized carbons (Fsp3) is 0.364. The molecule has 0 fully saturated rings. The molecule has 2 amide bonds. The molecule has 2 atom stereocenters. The minimum Gasteiger partial charge on any atom is -0.486 e. The van der Waals surface area contributed by atoms with Crippen molar-refractivity contribution in [3.63, 3.8) is 0 Å². The molecule has 0 spiro atoms. The highest BCUT2D eigenvalue weighted by Crippen LogP contribution is 2.32. The average molecular weight is 398 g/mol. The molecule has 1 aliphatic heterocycles. The van der Waals surface area contributed by atoms with E-state index in [2.05, 4.69) is 10.6 Å². The van der Waals surface area contributed by atoms with Gasteiger partial charge < -0.3 is 25.0 Å². The number of hydrogen-bond donors (Lipinski definition) is 3. The molecule has 29 heavy (non-hydrogen) atoms. The number of fused-ring (bicyclic) bond motifs is 1. The highest BCUT2D eigenvalue weighted by molar-refractivity contribution is 5.93. The zero-order valence-electron chi connectivity index (χ0n) is 17.1. The van der Waals surface area contributed by atoms with Crippen LogP contribution in [0.15, 0.2) is 42.5 Å². The minimum atomic E-state index is -0.127. The number of carbonyl (C=O) groups is 2. The van der Waals surface area contributed by atoms with Crippen LogP contribution in [-0.2, 0) is 11.3 Å². The molecule has 0 saturated carbocycles. The fourth-order valence-electron chi connectivity index (χ4n) is 3.31. The lowest BCUT2D eigenvalue weighted by Gasteiger charge is -2.21. The Morgan fingerprint density at radius 2 is 1.76 bits per heavy atom. The van der Waals surface area contributed by atoms with Crippen molar-refractivity contribution in [1.29, 1.82) is 0 Å². The third kappa shape index (κ3) is 5.48. The first-order valence-electron chi connectivity index (χ1n) is 9.77. The standard InChI is InChI=1S/C22H27N3O4/c1-15(18-8-9-19-20(12-18)29-11-10-28-19)24-21(26)14-25(3)13-16-4-6-17(7-5-16)22(27)23-2/h4-9,12,15H,10-11,13-14H2,1-3H3,(H,23,27)(H,24,26)/p+1/t15-/m0/s1. The quantitative estimate of drug-likeness (QED) is 0.642. The van der Waals surface area contributed by atoms with Gasteiger partial charge in [0.25, 0.3) is 11.8 Å². The predicted molar refractivity (Wildman–Crippen MR) is 109 cm³/mol. The number of likely N-dealkylation sites (N-methyl/N-ethyl adjacent to an activating group) is 1. The van der Waals surface area contributed by atoms with Crippen molar-refractivity contribution in [3.05, 3.63) is 59.2 Å². The zero-order chi connectivity index (χ0) is 20.8. The van der Waals surface area contributed by atoms with Crippen LogP contribution in [-0.4, -0.2) is 45.7 Å². The second-order valence-electron chi connectivity index (χ2n) is 7.28. The summed E-state index contributed by atoms with van der Waals surface area (Å²) in [6.07, 6.45) is 0. The summed E-state index contributed by atoms with van der Waals surface area (Å²) >= 11 is 0. The number of quaternary nitrogens is 1. The average Bonchev–Trinajstić information content (AvgIpc) is 2.73. The molecule has 154 valence electrons. The van der Waals surface area contributed by atoms with Gasteiger partial charge in [0.05, 0.1) is 13.1 Å². The Kier molecular flexibility index (Phi) is 6.72. The van der Waals surface area contributed by atoms with Crippen LogP contribution < -0.4 is 25.0 Å². The third-order valence-electron chi connectivity index (χ3n) is 4.86. The Hall–Kier alpha value is -3.06. The van der Waals surface area contributed by atoms with Gasteiger partial charge >= 0.3 is 0 Å². The van der Waals surface area contributed by atoms with Crippen LogP contribution in [0.5, 0.6) is 11.5 Å². The summed E-state index contributed by atoms with van der Waals surface area (Å²) in [4.78, 5) is 25.1. The van der Waals surface area contributed by atoms with E-state index >= 15 is 0 Å². The van der Waals surface area contributed by atoms with Crippen molar-refractivity contribution < 1.29 is 24.0 Å². The summed E-state index contributed by atoms with van der Waals surface area (Å²) in [6, 6.07) is 13.1. The van der Waals surface area contributed by atoms with E-state index in [1.807, 2.05) is 44.3 Å². The SMILES string of the molecule is CNC(=O)c1ccc(C[NH+](C)CC(=O)N[C@@H](C)c2ccc3c(c2)OCCO3)cc1. The number of rotatable bonds is 7. The van der Waals surface area contributed by atoms with Gasteiger partial charge in [-0.25, -0.2) is 0 Å². The molecule has 1 aliphatic rings. The van der Waals surface area contributed by atoms with Crippen molar-refractivity contribution in [1.82, 2.24) is 10.6 Å². The molecule has 0 radical (unpaired) electrons. The van der Waals surface area contributed by atoms with E-state index in [-0.39, 0.29) is 17.9 Å². The lowest BCUT2D eigenvalue weighted by molar-refractivity contribution is -0.885. The molecule has 2 aromatic rings. The number of benzene rings is 2. The number of carbonyl (C=O) groups excluding carboxylic acids is 2. The number of hydrogen-bond acceptors (Lipinski definition) is 4. The van der Waals surface area contributed by atoms with Crippen molar-refractivity contribution in [2.24, 2.45) is 0 Å². The Labute approximate surface area is 171 Å². The summed E-state index contributed by atoms with van der Waals surface area (Å²) in [5.41, 5.74) is 2.67. The molecule has 1 unspecified atom stereocenters. The first kappa shape index (κ1) is 20.7. The fourth-order valence-corrected chi connectivity index (χ4v) is 3.31. The molecule has 0 aliphatic carbocycles. The van der Waals surface area contributed by atoms with E-state index in [0.717, 1.165) is 27.5 Å². The molecule has 1 heterocycles. The normalized spacial score (nSPS) is 14.6. The van der Waals surface area contributed by atoms with Crippen LogP contribution in [0, 0.1) is 0 Å². The Morgan fingerprint density at radius 3 is 2.45 bits per heavy atom. The number of ether oxygens (including phenoxy) is 2. The van der Waals surface area contributed by atoms with Gasteiger partial charge in [0.2, 0.25) is 0 Å². The lowest BCUT2D eigenvalue weighted by Crippen LogP contribution is -3.08. The predicted octanol–water partition coefficient (Wildman–Crippen LogP) is 0.710. The third-order valence-corrected chi connectivity index (χ3v) is 4.86. The highest BCUT2D eigenvalue weighted by atomic mass is 16.6. The van der Waals surface area contributed by atoms with Crippen LogP contribution in [0.3, 0.4) is 0 Å². The van der Waals surface area contributed by atoms with Crippen molar-refractivity contribution in [2.75, 3.05) is 33.9 Å². The minimum absolute atomic E-state index is 0.0214. The molecule has 0 saturated heterocycles. The van der Waals surface area contributed by atoms with Gasteiger partial charge in [0, 0.05) is 18.2 Å². The van der Waals surface area contributed by atoms with Gasteiger partial charge in [0.15, 0.2) is 18.0 Å². The van der Waals surface area contributed by atoms with E-state index in [1.54, 1.807) is 19.2 Å². The van der Waals surface area contributed by atoms with E-state index in [1.165, 1.54) is 0 Å². The van der Waals surface area contributed by atoms with Gasteiger partial charge in [0.1, 0.15) is 19.8 Å². The number of amides is 2. The maximum Gasteiger partial charge on any atom is 0.275 e. The van der Waals surface area contributed by atoms with E-state index in [4.69, 9.17) is 9.47 Å². The second kappa shape index (κ2) is 9.43. The monoisotopic (exact) mass is 398 g/mol. The van der Waals surface area contributed by atoms with E-state index < -0.39 is 0 Å². The second-order valence-corrected chi connectivity index (χ2v) is 7.28.